The molecule has 0 atom stereocenters. The zero-order valence-corrected chi connectivity index (χ0v) is 15.9. The molecule has 0 amide bonds. The molecule has 0 saturated heterocycles. The molecule has 0 unspecified atom stereocenters. The summed E-state index contributed by atoms with van der Waals surface area (Å²) in [6.07, 6.45) is 0. The molecule has 27 heavy (non-hydrogen) atoms. The maximum atomic E-state index is 11.8. The molecule has 1 aromatic heterocycles. The van der Waals surface area contributed by atoms with Gasteiger partial charge < -0.3 is 9.64 Å². The van der Waals surface area contributed by atoms with E-state index in [2.05, 4.69) is 6.72 Å². The first-order valence-corrected chi connectivity index (χ1v) is 8.51. The van der Waals surface area contributed by atoms with Crippen molar-refractivity contribution in [3.63, 3.8) is 0 Å². The highest BCUT2D eigenvalue weighted by Crippen LogP contribution is 2.25. The predicted octanol–water partition coefficient (Wildman–Crippen LogP) is 3.14. The Balaban J connectivity index is 2.44. The summed E-state index contributed by atoms with van der Waals surface area (Å²) < 4.78 is 7.38. The number of pyridine rings is 1. The maximum absolute atomic E-state index is 11.8. The zero-order chi connectivity index (χ0) is 19.7. The fraction of sp³-hybridized carbons (Fsp3) is 0.190. The summed E-state index contributed by atoms with van der Waals surface area (Å²) >= 11 is 0. The molecule has 6 heteroatoms. The average molecular weight is 364 g/mol. The number of benzene rings is 2. The van der Waals surface area contributed by atoms with Crippen LogP contribution in [-0.4, -0.2) is 19.1 Å². The van der Waals surface area contributed by atoms with Crippen LogP contribution in [0.2, 0.25) is 0 Å². The van der Waals surface area contributed by atoms with Gasteiger partial charge in [-0.1, -0.05) is 29.8 Å². The van der Waals surface area contributed by atoms with Crippen molar-refractivity contribution in [2.24, 2.45) is 0 Å². The number of rotatable bonds is 4. The van der Waals surface area contributed by atoms with Gasteiger partial charge in [-0.3, -0.25) is 10.1 Å². The molecule has 0 aliphatic rings. The quantitative estimate of drug-likeness (QED) is 0.405. The first-order chi connectivity index (χ1) is 12.9. The number of nitro groups is 1. The summed E-state index contributed by atoms with van der Waals surface area (Å²) in [5.74, 6) is 0.486. The van der Waals surface area contributed by atoms with Crippen molar-refractivity contribution in [3.05, 3.63) is 81.8 Å². The minimum atomic E-state index is -0.347. The van der Waals surface area contributed by atoms with Crippen LogP contribution in [0.3, 0.4) is 0 Å². The Morgan fingerprint density at radius 1 is 1.15 bits per heavy atom. The Morgan fingerprint density at radius 2 is 1.78 bits per heavy atom. The molecule has 138 valence electrons. The van der Waals surface area contributed by atoms with Crippen LogP contribution in [0, 0.1) is 30.7 Å². The van der Waals surface area contributed by atoms with E-state index >= 15 is 0 Å². The Bertz CT molecular complexity index is 1140. The molecule has 0 aliphatic carbocycles. The molecule has 0 radical (unpaired) electrons. The van der Waals surface area contributed by atoms with Gasteiger partial charge in [0.1, 0.15) is 17.7 Å². The van der Waals surface area contributed by atoms with Crippen LogP contribution in [0.5, 0.6) is 0 Å². The van der Waals surface area contributed by atoms with Crippen molar-refractivity contribution < 1.29 is 13.9 Å². The first kappa shape index (κ1) is 18.4. The van der Waals surface area contributed by atoms with Crippen LogP contribution < -0.4 is 14.5 Å². The number of fused-ring (bicyclic) bond motifs is 1. The Morgan fingerprint density at radius 3 is 2.37 bits per heavy atom. The maximum Gasteiger partial charge on any atom is 0.293 e. The minimum absolute atomic E-state index is 0.0624. The lowest BCUT2D eigenvalue weighted by Crippen LogP contribution is -2.44. The second-order valence-electron chi connectivity index (χ2n) is 6.43. The number of hydrogen-bond donors (Lipinski definition) is 0. The number of para-hydroxylation sites is 1. The van der Waals surface area contributed by atoms with Gasteiger partial charge in [-0.05, 0) is 32.0 Å². The zero-order valence-electron chi connectivity index (χ0n) is 15.9. The third-order valence-corrected chi connectivity index (χ3v) is 4.73. The molecule has 3 rings (SSSR count). The largest absolute Gasteiger partial charge is 0.477 e. The number of anilines is 1. The molecule has 0 fully saturated rings. The summed E-state index contributed by atoms with van der Waals surface area (Å²) in [5, 5.41) is 12.9. The van der Waals surface area contributed by atoms with Gasteiger partial charge in [0, 0.05) is 18.8 Å². The Hall–Kier alpha value is -3.41. The minimum Gasteiger partial charge on any atom is -0.477 e. The van der Waals surface area contributed by atoms with Gasteiger partial charge in [0.2, 0.25) is 5.52 Å². The highest BCUT2D eigenvalue weighted by Gasteiger charge is 2.27. The first-order valence-electron chi connectivity index (χ1n) is 8.51. The number of aromatic nitrogens is 1. The fourth-order valence-corrected chi connectivity index (χ4v) is 3.34. The molecular weight excluding hydrogens is 342 g/mol. The molecular formula is C21H22N3O3+. The van der Waals surface area contributed by atoms with E-state index in [0.717, 1.165) is 11.3 Å². The summed E-state index contributed by atoms with van der Waals surface area (Å²) in [4.78, 5) is 13.3. The SMILES string of the molecule is C=[n+]1/c(=C(/OC)N(C)c2ccc(C)cc2)c(C)c([N+](=O)[O-])c2ccccc21. The van der Waals surface area contributed by atoms with Crippen LogP contribution in [0.15, 0.2) is 48.5 Å². The summed E-state index contributed by atoms with van der Waals surface area (Å²) in [5.41, 5.74) is 3.29. The number of aryl methyl sites for hydroxylation is 1. The third-order valence-electron chi connectivity index (χ3n) is 4.73. The molecule has 6 nitrogen and oxygen atoms in total. The van der Waals surface area contributed by atoms with Crippen molar-refractivity contribution in [2.45, 2.75) is 13.8 Å². The fourth-order valence-electron chi connectivity index (χ4n) is 3.34. The van der Waals surface area contributed by atoms with Crippen LogP contribution >= 0.6 is 0 Å². The summed E-state index contributed by atoms with van der Waals surface area (Å²) in [6, 6.07) is 15.1. The molecule has 2 aromatic carbocycles. The monoisotopic (exact) mass is 364 g/mol. The van der Waals surface area contributed by atoms with E-state index < -0.39 is 0 Å². The van der Waals surface area contributed by atoms with Crippen LogP contribution in [0.1, 0.15) is 11.1 Å². The second kappa shape index (κ2) is 7.07. The van der Waals surface area contributed by atoms with E-state index in [1.165, 1.54) is 0 Å². The van der Waals surface area contributed by atoms with Crippen molar-refractivity contribution in [2.75, 3.05) is 19.1 Å². The van der Waals surface area contributed by atoms with Crippen molar-refractivity contribution in [3.8, 4) is 0 Å². The molecule has 0 aliphatic heterocycles. The van der Waals surface area contributed by atoms with E-state index in [-0.39, 0.29) is 10.6 Å². The lowest BCUT2D eigenvalue weighted by Gasteiger charge is -2.20. The molecule has 3 aromatic rings. The highest BCUT2D eigenvalue weighted by atomic mass is 16.6. The predicted molar refractivity (Wildman–Crippen MR) is 106 cm³/mol. The highest BCUT2D eigenvalue weighted by molar-refractivity contribution is 5.87. The Kier molecular flexibility index (Phi) is 4.81. The molecule has 0 N–H and O–H groups in total. The number of ether oxygens (including phenoxy) is 1. The summed E-state index contributed by atoms with van der Waals surface area (Å²) in [6.45, 7) is 7.88. The third kappa shape index (κ3) is 3.10. The Labute approximate surface area is 157 Å². The van der Waals surface area contributed by atoms with Crippen LogP contribution in [0.25, 0.3) is 16.8 Å². The van der Waals surface area contributed by atoms with E-state index in [1.54, 1.807) is 30.4 Å². The van der Waals surface area contributed by atoms with E-state index in [1.807, 2.05) is 55.3 Å². The van der Waals surface area contributed by atoms with E-state index in [4.69, 9.17) is 4.74 Å². The average Bonchev–Trinajstić information content (AvgIpc) is 2.65. The van der Waals surface area contributed by atoms with Gasteiger partial charge in [0.25, 0.3) is 16.9 Å². The number of hydrogen-bond acceptors (Lipinski definition) is 4. The lowest BCUT2D eigenvalue weighted by molar-refractivity contribution is -0.487. The van der Waals surface area contributed by atoms with Crippen molar-refractivity contribution in [1.82, 2.24) is 0 Å². The van der Waals surface area contributed by atoms with Crippen molar-refractivity contribution in [1.29, 1.82) is 0 Å². The molecule has 1 heterocycles. The van der Waals surface area contributed by atoms with Gasteiger partial charge >= 0.3 is 0 Å². The topological polar surface area (TPSA) is 61.5 Å². The normalized spacial score (nSPS) is 12.0. The van der Waals surface area contributed by atoms with E-state index in [0.29, 0.717) is 27.7 Å². The lowest BCUT2D eigenvalue weighted by atomic mass is 10.1. The van der Waals surface area contributed by atoms with Gasteiger partial charge in [0.05, 0.1) is 12.0 Å². The molecule has 0 spiro atoms. The van der Waals surface area contributed by atoms with Gasteiger partial charge in [0.15, 0.2) is 0 Å². The van der Waals surface area contributed by atoms with Gasteiger partial charge in [-0.2, -0.15) is 4.24 Å². The summed E-state index contributed by atoms with van der Waals surface area (Å²) in [7, 11) is 3.42. The van der Waals surface area contributed by atoms with Gasteiger partial charge in [-0.25, -0.2) is 0 Å². The van der Waals surface area contributed by atoms with E-state index in [9.17, 15) is 10.1 Å². The second-order valence-corrected chi connectivity index (χ2v) is 6.43. The smallest absolute Gasteiger partial charge is 0.293 e. The van der Waals surface area contributed by atoms with Crippen molar-refractivity contribution >= 4 is 28.2 Å². The van der Waals surface area contributed by atoms with Crippen LogP contribution in [0.4, 0.5) is 11.4 Å². The number of methoxy groups -OCH3 is 1. The molecule has 0 bridgehead atoms. The van der Waals surface area contributed by atoms with Gasteiger partial charge in [-0.15, -0.1) is 0 Å². The standard InChI is InChI=1S/C21H22N3O3/c1-14-10-12-16(13-11-14)22(3)21(27-5)20-15(2)19(24(25)26)17-8-6-7-9-18(17)23(20)4/h6-13H,4H2,1-3,5H3/q+1/b21-20+. The molecule has 0 saturated carbocycles. The van der Waals surface area contributed by atoms with Crippen LogP contribution in [-0.2, 0) is 4.74 Å². The number of nitrogens with zero attached hydrogens (tertiary/aromatic N) is 3.